The van der Waals surface area contributed by atoms with Crippen molar-refractivity contribution in [1.29, 1.82) is 0 Å². The minimum Gasteiger partial charge on any atom is -0.209 e. The number of thioether (sulfide) groups is 1. The molecule has 6 heteroatoms. The van der Waals surface area contributed by atoms with Crippen molar-refractivity contribution in [2.24, 2.45) is 0 Å². The maximum absolute atomic E-state index is 13.6. The van der Waals surface area contributed by atoms with Crippen LogP contribution < -0.4 is 4.98 Å². The highest BCUT2D eigenvalue weighted by atomic mass is 32.2. The van der Waals surface area contributed by atoms with Gasteiger partial charge in [0, 0.05) is 23.3 Å². The molecule has 0 aliphatic carbocycles. The van der Waals surface area contributed by atoms with Gasteiger partial charge >= 0.3 is 11.8 Å². The van der Waals surface area contributed by atoms with E-state index in [0.29, 0.717) is 0 Å². The molecule has 0 saturated carbocycles. The van der Waals surface area contributed by atoms with Crippen LogP contribution >= 0.6 is 11.8 Å². The standard InChI is InChI=1S/C12H15F4NS/c1-4-11(13,14)12(15,16)10-6-5-9(7-17-10)8(2)18-3/h5-8H,4H2,1-3H3/p+1. The number of alkyl halides is 4. The molecule has 18 heavy (non-hydrogen) atoms. The number of pyridine rings is 1. The zero-order valence-electron chi connectivity index (χ0n) is 10.4. The van der Waals surface area contributed by atoms with E-state index in [2.05, 4.69) is 4.98 Å². The van der Waals surface area contributed by atoms with Crippen LogP contribution in [-0.2, 0) is 5.92 Å². The van der Waals surface area contributed by atoms with Crippen LogP contribution in [0.3, 0.4) is 0 Å². The molecular formula is C12H16F4NS+. The molecule has 0 aromatic carbocycles. The number of nitrogens with one attached hydrogen (secondary N) is 1. The fraction of sp³-hybridized carbons (Fsp3) is 0.583. The highest BCUT2D eigenvalue weighted by molar-refractivity contribution is 7.98. The number of H-pyrrole nitrogens is 1. The quantitative estimate of drug-likeness (QED) is 0.743. The van der Waals surface area contributed by atoms with Crippen molar-refractivity contribution in [1.82, 2.24) is 0 Å². The molecule has 0 radical (unpaired) electrons. The van der Waals surface area contributed by atoms with Crippen LogP contribution in [0.25, 0.3) is 0 Å². The third kappa shape index (κ3) is 2.79. The number of halogens is 4. The van der Waals surface area contributed by atoms with Gasteiger partial charge in [0.25, 0.3) is 5.69 Å². The zero-order chi connectivity index (χ0) is 14.0. The predicted molar refractivity (Wildman–Crippen MR) is 64.1 cm³/mol. The molecule has 1 unspecified atom stereocenters. The minimum absolute atomic E-state index is 0.121. The Morgan fingerprint density at radius 3 is 2.28 bits per heavy atom. The van der Waals surface area contributed by atoms with Crippen LogP contribution in [0, 0.1) is 0 Å². The normalized spacial score (nSPS) is 14.6. The van der Waals surface area contributed by atoms with Crippen molar-refractivity contribution in [3.05, 3.63) is 29.6 Å². The lowest BCUT2D eigenvalue weighted by Gasteiger charge is -2.22. The summed E-state index contributed by atoms with van der Waals surface area (Å²) in [6.45, 7) is 2.95. The lowest BCUT2D eigenvalue weighted by Crippen LogP contribution is -2.41. The number of aromatic amines is 1. The van der Waals surface area contributed by atoms with Crippen molar-refractivity contribution in [3.8, 4) is 0 Å². The van der Waals surface area contributed by atoms with Crippen LogP contribution in [0.2, 0.25) is 0 Å². The highest BCUT2D eigenvalue weighted by Crippen LogP contribution is 2.43. The fourth-order valence-corrected chi connectivity index (χ4v) is 1.86. The Morgan fingerprint density at radius 2 is 1.89 bits per heavy atom. The summed E-state index contributed by atoms with van der Waals surface area (Å²) in [5.41, 5.74) is 0.0354. The second kappa shape index (κ2) is 5.47. The molecule has 0 bridgehead atoms. The maximum Gasteiger partial charge on any atom is 0.391 e. The molecule has 0 saturated heterocycles. The Labute approximate surface area is 108 Å². The van der Waals surface area contributed by atoms with E-state index in [1.54, 1.807) is 11.8 Å². The van der Waals surface area contributed by atoms with Gasteiger partial charge in [-0.25, -0.2) is 4.98 Å². The summed E-state index contributed by atoms with van der Waals surface area (Å²) in [5.74, 6) is -8.22. The van der Waals surface area contributed by atoms with E-state index in [-0.39, 0.29) is 5.25 Å². The third-order valence-electron chi connectivity index (χ3n) is 2.90. The number of aromatic nitrogens is 1. The number of rotatable bonds is 5. The first-order valence-electron chi connectivity index (χ1n) is 5.56. The molecule has 0 aliphatic heterocycles. The molecule has 1 rings (SSSR count). The van der Waals surface area contributed by atoms with Gasteiger partial charge in [0.15, 0.2) is 6.20 Å². The van der Waals surface area contributed by atoms with Crippen molar-refractivity contribution in [2.75, 3.05) is 6.26 Å². The van der Waals surface area contributed by atoms with Crippen LogP contribution in [-0.4, -0.2) is 12.2 Å². The Kier molecular flexibility index (Phi) is 4.64. The summed E-state index contributed by atoms with van der Waals surface area (Å²) in [4.78, 5) is 2.29. The van der Waals surface area contributed by atoms with Gasteiger partial charge in [-0.1, -0.05) is 6.92 Å². The third-order valence-corrected chi connectivity index (χ3v) is 3.88. The molecule has 0 fully saturated rings. The van der Waals surface area contributed by atoms with E-state index in [9.17, 15) is 17.6 Å². The summed E-state index contributed by atoms with van der Waals surface area (Å²) in [6, 6.07) is 2.48. The molecule has 1 atom stereocenters. The summed E-state index contributed by atoms with van der Waals surface area (Å²) >= 11 is 1.55. The number of hydrogen-bond acceptors (Lipinski definition) is 1. The van der Waals surface area contributed by atoms with Gasteiger partial charge in [-0.15, -0.1) is 0 Å². The largest absolute Gasteiger partial charge is 0.391 e. The van der Waals surface area contributed by atoms with E-state index in [4.69, 9.17) is 0 Å². The molecule has 1 aromatic heterocycles. The Bertz CT molecular complexity index is 392. The summed E-state index contributed by atoms with van der Waals surface area (Å²) in [6.07, 6.45) is 2.34. The monoisotopic (exact) mass is 282 g/mol. The lowest BCUT2D eigenvalue weighted by atomic mass is 10.0. The molecule has 1 heterocycles. The summed E-state index contributed by atoms with van der Waals surface area (Å²) in [7, 11) is 0. The van der Waals surface area contributed by atoms with Crippen molar-refractivity contribution in [3.63, 3.8) is 0 Å². The molecule has 1 nitrogen and oxygen atoms in total. The topological polar surface area (TPSA) is 14.1 Å². The van der Waals surface area contributed by atoms with Gasteiger partial charge in [-0.05, 0) is 19.2 Å². The van der Waals surface area contributed by atoms with E-state index in [1.807, 2.05) is 13.2 Å². The first-order valence-corrected chi connectivity index (χ1v) is 6.85. The van der Waals surface area contributed by atoms with Crippen molar-refractivity contribution in [2.45, 2.75) is 37.4 Å². The maximum atomic E-state index is 13.6. The molecule has 0 spiro atoms. The van der Waals surface area contributed by atoms with Gasteiger partial charge < -0.3 is 0 Å². The van der Waals surface area contributed by atoms with Gasteiger partial charge in [-0.3, -0.25) is 0 Å². The number of hydrogen-bond donors (Lipinski definition) is 0. The van der Waals surface area contributed by atoms with Crippen LogP contribution in [0.15, 0.2) is 18.3 Å². The molecule has 0 amide bonds. The molecule has 0 aliphatic rings. The first-order chi connectivity index (χ1) is 8.26. The Morgan fingerprint density at radius 1 is 1.28 bits per heavy atom. The van der Waals surface area contributed by atoms with E-state index >= 15 is 0 Å². The molecule has 102 valence electrons. The van der Waals surface area contributed by atoms with E-state index in [0.717, 1.165) is 18.6 Å². The smallest absolute Gasteiger partial charge is 0.209 e. The van der Waals surface area contributed by atoms with Crippen LogP contribution in [0.1, 0.15) is 36.8 Å². The van der Waals surface area contributed by atoms with Crippen LogP contribution in [0.4, 0.5) is 17.6 Å². The summed E-state index contributed by atoms with van der Waals surface area (Å²) < 4.78 is 53.5. The first kappa shape index (κ1) is 15.3. The molecular weight excluding hydrogens is 266 g/mol. The molecule has 1 aromatic rings. The Hall–Kier alpha value is -0.780. The van der Waals surface area contributed by atoms with Crippen molar-refractivity contribution >= 4 is 11.8 Å². The minimum atomic E-state index is -4.18. The van der Waals surface area contributed by atoms with Crippen molar-refractivity contribution < 1.29 is 22.5 Å². The predicted octanol–water partition coefficient (Wildman–Crippen LogP) is 4.06. The van der Waals surface area contributed by atoms with Gasteiger partial charge in [0.1, 0.15) is 0 Å². The SMILES string of the molecule is CCC(F)(F)C(F)(F)c1ccc(C(C)SC)c[nH+]1. The van der Waals surface area contributed by atoms with Gasteiger partial charge in [0.2, 0.25) is 0 Å². The zero-order valence-corrected chi connectivity index (χ0v) is 11.3. The van der Waals surface area contributed by atoms with E-state index < -0.39 is 24.0 Å². The lowest BCUT2D eigenvalue weighted by molar-refractivity contribution is -0.427. The van der Waals surface area contributed by atoms with Crippen LogP contribution in [0.5, 0.6) is 0 Å². The van der Waals surface area contributed by atoms with Gasteiger partial charge in [0.05, 0.1) is 0 Å². The average Bonchev–Trinajstić information content (AvgIpc) is 2.37. The molecule has 1 N–H and O–H groups in total. The Balaban J connectivity index is 3.05. The fourth-order valence-electron chi connectivity index (χ4n) is 1.44. The second-order valence-electron chi connectivity index (χ2n) is 4.05. The average molecular weight is 282 g/mol. The summed E-state index contributed by atoms with van der Waals surface area (Å²) in [5, 5.41) is 0.121. The van der Waals surface area contributed by atoms with Gasteiger partial charge in [-0.2, -0.15) is 29.3 Å². The van der Waals surface area contributed by atoms with E-state index in [1.165, 1.54) is 12.3 Å². The highest BCUT2D eigenvalue weighted by Gasteiger charge is 2.60. The second-order valence-corrected chi connectivity index (χ2v) is 5.22.